The zero-order valence-electron chi connectivity index (χ0n) is 16.9. The second-order valence-corrected chi connectivity index (χ2v) is 7.22. The molecule has 6 heteroatoms. The van der Waals surface area contributed by atoms with Crippen molar-refractivity contribution in [2.24, 2.45) is 0 Å². The Kier molecular flexibility index (Phi) is 7.09. The molecule has 0 aliphatic heterocycles. The van der Waals surface area contributed by atoms with Gasteiger partial charge in [0.05, 0.1) is 0 Å². The Morgan fingerprint density at radius 2 is 1.67 bits per heavy atom. The predicted molar refractivity (Wildman–Crippen MR) is 121 cm³/mol. The molecule has 30 heavy (non-hydrogen) atoms. The number of amides is 2. The van der Waals surface area contributed by atoms with Gasteiger partial charge in [0.2, 0.25) is 0 Å². The molecule has 0 saturated heterocycles. The molecule has 0 saturated carbocycles. The fourth-order valence-corrected chi connectivity index (χ4v) is 3.18. The molecule has 0 spiro atoms. The van der Waals surface area contributed by atoms with Crippen LogP contribution in [0.25, 0.3) is 0 Å². The Morgan fingerprint density at radius 1 is 0.933 bits per heavy atom. The molecule has 2 amide bonds. The zero-order valence-corrected chi connectivity index (χ0v) is 17.6. The molecule has 0 radical (unpaired) electrons. The molecule has 0 atom stereocenters. The highest BCUT2D eigenvalue weighted by atomic mass is 35.5. The summed E-state index contributed by atoms with van der Waals surface area (Å²) >= 11 is 5.92. The number of rotatable bonds is 7. The largest absolute Gasteiger partial charge is 0.484 e. The van der Waals surface area contributed by atoms with Gasteiger partial charge in [-0.2, -0.15) is 0 Å². The van der Waals surface area contributed by atoms with E-state index >= 15 is 0 Å². The smallest absolute Gasteiger partial charge is 0.262 e. The monoisotopic (exact) mass is 422 g/mol. The fourth-order valence-electron chi connectivity index (χ4n) is 2.95. The van der Waals surface area contributed by atoms with E-state index in [0.29, 0.717) is 22.0 Å². The lowest BCUT2D eigenvalue weighted by Gasteiger charge is -2.11. The Hall–Kier alpha value is -3.31. The third-order valence-corrected chi connectivity index (χ3v) is 4.83. The summed E-state index contributed by atoms with van der Waals surface area (Å²) in [5.74, 6) is 0.0281. The summed E-state index contributed by atoms with van der Waals surface area (Å²) in [6, 6.07) is 19.6. The van der Waals surface area contributed by atoms with Gasteiger partial charge in [0.25, 0.3) is 11.8 Å². The van der Waals surface area contributed by atoms with E-state index in [2.05, 4.69) is 10.6 Å². The van der Waals surface area contributed by atoms with Crippen molar-refractivity contribution in [3.63, 3.8) is 0 Å². The van der Waals surface area contributed by atoms with E-state index in [1.165, 1.54) is 0 Å². The average molecular weight is 423 g/mol. The van der Waals surface area contributed by atoms with Crippen LogP contribution in [0.1, 0.15) is 28.4 Å². The van der Waals surface area contributed by atoms with Crippen LogP contribution >= 0.6 is 11.6 Å². The number of ether oxygens (including phenoxy) is 1. The van der Waals surface area contributed by atoms with Crippen molar-refractivity contribution in [2.75, 3.05) is 17.2 Å². The number of benzene rings is 3. The minimum Gasteiger partial charge on any atom is -0.484 e. The van der Waals surface area contributed by atoms with E-state index in [1.807, 2.05) is 38.1 Å². The van der Waals surface area contributed by atoms with Gasteiger partial charge in [0.15, 0.2) is 6.61 Å². The quantitative estimate of drug-likeness (QED) is 0.529. The minimum atomic E-state index is -0.279. The Balaban J connectivity index is 1.55. The van der Waals surface area contributed by atoms with Crippen LogP contribution in [0.15, 0.2) is 66.7 Å². The van der Waals surface area contributed by atoms with Crippen LogP contribution in [0.3, 0.4) is 0 Å². The third-order valence-electron chi connectivity index (χ3n) is 4.60. The lowest BCUT2D eigenvalue weighted by molar-refractivity contribution is -0.118. The lowest BCUT2D eigenvalue weighted by atomic mass is 10.1. The maximum atomic E-state index is 12.5. The second-order valence-electron chi connectivity index (χ2n) is 6.79. The molecule has 2 N–H and O–H groups in total. The van der Waals surface area contributed by atoms with Crippen LogP contribution < -0.4 is 15.4 Å². The highest BCUT2D eigenvalue weighted by Crippen LogP contribution is 2.20. The van der Waals surface area contributed by atoms with E-state index in [4.69, 9.17) is 16.3 Å². The number of nitrogens with one attached hydrogen (secondary N) is 2. The summed E-state index contributed by atoms with van der Waals surface area (Å²) in [5.41, 5.74) is 3.95. The summed E-state index contributed by atoms with van der Waals surface area (Å²) in [7, 11) is 0. The first kappa shape index (κ1) is 21.4. The van der Waals surface area contributed by atoms with Crippen molar-refractivity contribution >= 4 is 34.8 Å². The van der Waals surface area contributed by atoms with Gasteiger partial charge < -0.3 is 15.4 Å². The van der Waals surface area contributed by atoms with Gasteiger partial charge in [-0.3, -0.25) is 9.59 Å². The summed E-state index contributed by atoms with van der Waals surface area (Å²) in [6.45, 7) is 3.77. The van der Waals surface area contributed by atoms with Crippen molar-refractivity contribution < 1.29 is 14.3 Å². The minimum absolute atomic E-state index is 0.141. The van der Waals surface area contributed by atoms with Crippen LogP contribution in [-0.2, 0) is 11.2 Å². The van der Waals surface area contributed by atoms with Crippen molar-refractivity contribution in [3.8, 4) is 5.75 Å². The molecular weight excluding hydrogens is 400 g/mol. The van der Waals surface area contributed by atoms with E-state index < -0.39 is 0 Å². The average Bonchev–Trinajstić information content (AvgIpc) is 2.75. The number of carbonyl (C=O) groups excluding carboxylic acids is 2. The number of aryl methyl sites for hydroxylation is 2. The molecule has 0 bridgehead atoms. The molecule has 0 aromatic heterocycles. The van der Waals surface area contributed by atoms with Gasteiger partial charge in [-0.1, -0.05) is 36.7 Å². The molecule has 5 nitrogen and oxygen atoms in total. The van der Waals surface area contributed by atoms with Gasteiger partial charge in [-0.05, 0) is 73.0 Å². The summed E-state index contributed by atoms with van der Waals surface area (Å²) in [6.07, 6.45) is 0.834. The molecule has 154 valence electrons. The number of carbonyl (C=O) groups is 2. The van der Waals surface area contributed by atoms with Crippen LogP contribution in [0, 0.1) is 6.92 Å². The Bertz CT molecular complexity index is 1050. The Morgan fingerprint density at radius 3 is 2.37 bits per heavy atom. The van der Waals surface area contributed by atoms with Crippen LogP contribution in [0.2, 0.25) is 5.02 Å². The summed E-state index contributed by atoms with van der Waals surface area (Å²) < 4.78 is 5.52. The zero-order chi connectivity index (χ0) is 21.5. The molecule has 3 aromatic carbocycles. The highest BCUT2D eigenvalue weighted by Gasteiger charge is 2.10. The second kappa shape index (κ2) is 9.94. The van der Waals surface area contributed by atoms with Crippen molar-refractivity contribution in [1.29, 1.82) is 0 Å². The number of hydrogen-bond acceptors (Lipinski definition) is 3. The lowest BCUT2D eigenvalue weighted by Crippen LogP contribution is -2.20. The SMILES string of the molecule is CCc1ccccc1NC(=O)c1ccc(OCC(=O)Nc2ccc(Cl)cc2C)cc1. The first-order chi connectivity index (χ1) is 14.5. The molecular formula is C24H23ClN2O3. The van der Waals surface area contributed by atoms with Crippen LogP contribution in [-0.4, -0.2) is 18.4 Å². The molecule has 0 unspecified atom stereocenters. The van der Waals surface area contributed by atoms with Crippen LogP contribution in [0.4, 0.5) is 11.4 Å². The van der Waals surface area contributed by atoms with Gasteiger partial charge in [-0.15, -0.1) is 0 Å². The molecule has 0 aliphatic rings. The number of anilines is 2. The molecule has 0 heterocycles. The summed E-state index contributed by atoms with van der Waals surface area (Å²) in [5, 5.41) is 6.33. The van der Waals surface area contributed by atoms with Crippen molar-refractivity contribution in [3.05, 3.63) is 88.4 Å². The number of halogens is 1. The van der Waals surface area contributed by atoms with Crippen molar-refractivity contribution in [2.45, 2.75) is 20.3 Å². The van der Waals surface area contributed by atoms with Gasteiger partial charge in [0.1, 0.15) is 5.75 Å². The molecule has 3 aromatic rings. The van der Waals surface area contributed by atoms with E-state index in [-0.39, 0.29) is 18.4 Å². The Labute approximate surface area is 181 Å². The van der Waals surface area contributed by atoms with E-state index in [0.717, 1.165) is 23.2 Å². The number of hydrogen-bond donors (Lipinski definition) is 2. The molecule has 3 rings (SSSR count). The first-order valence-corrected chi connectivity index (χ1v) is 10.0. The topological polar surface area (TPSA) is 67.4 Å². The fraction of sp³-hybridized carbons (Fsp3) is 0.167. The molecule has 0 fully saturated rings. The standard InChI is InChI=1S/C24H23ClN2O3/c1-3-17-6-4-5-7-22(17)27-24(29)18-8-11-20(12-9-18)30-15-23(28)26-21-13-10-19(25)14-16(21)2/h4-14H,3,15H2,1-2H3,(H,26,28)(H,27,29). The highest BCUT2D eigenvalue weighted by molar-refractivity contribution is 6.30. The maximum absolute atomic E-state index is 12.5. The van der Waals surface area contributed by atoms with Gasteiger partial charge in [-0.25, -0.2) is 0 Å². The first-order valence-electron chi connectivity index (χ1n) is 9.64. The van der Waals surface area contributed by atoms with Crippen LogP contribution in [0.5, 0.6) is 5.75 Å². The van der Waals surface area contributed by atoms with E-state index in [9.17, 15) is 9.59 Å². The number of para-hydroxylation sites is 1. The predicted octanol–water partition coefficient (Wildman–Crippen LogP) is 5.48. The maximum Gasteiger partial charge on any atom is 0.262 e. The normalized spacial score (nSPS) is 10.4. The molecule has 0 aliphatic carbocycles. The van der Waals surface area contributed by atoms with Crippen molar-refractivity contribution in [1.82, 2.24) is 0 Å². The third kappa shape index (κ3) is 5.61. The summed E-state index contributed by atoms with van der Waals surface area (Å²) in [4.78, 5) is 24.6. The van der Waals surface area contributed by atoms with Gasteiger partial charge >= 0.3 is 0 Å². The van der Waals surface area contributed by atoms with Gasteiger partial charge in [0, 0.05) is 22.0 Å². The van der Waals surface area contributed by atoms with E-state index in [1.54, 1.807) is 42.5 Å².